The van der Waals surface area contributed by atoms with Crippen LogP contribution in [0.2, 0.25) is 0 Å². The lowest BCUT2D eigenvalue weighted by Gasteiger charge is -2.19. The molecular formula is C11H23Cl2N3O4S. The molecule has 0 aliphatic heterocycles. The highest BCUT2D eigenvalue weighted by atomic mass is 35.5. The molecule has 7 nitrogen and oxygen atoms in total. The van der Waals surface area contributed by atoms with Gasteiger partial charge in [0.2, 0.25) is 10.0 Å². The lowest BCUT2D eigenvalue weighted by molar-refractivity contribution is 0.255. The Labute approximate surface area is 137 Å². The van der Waals surface area contributed by atoms with Crippen molar-refractivity contribution in [2.75, 3.05) is 37.4 Å². The lowest BCUT2D eigenvalue weighted by atomic mass is 10.1. The smallest absolute Gasteiger partial charge is 0.211 e. The Morgan fingerprint density at radius 1 is 1.19 bits per heavy atom. The molecule has 7 N–H and O–H groups in total. The van der Waals surface area contributed by atoms with Gasteiger partial charge < -0.3 is 22.1 Å². The van der Waals surface area contributed by atoms with Gasteiger partial charge in [-0.05, 0) is 30.2 Å². The predicted octanol–water partition coefficient (Wildman–Crippen LogP) is -0.334. The summed E-state index contributed by atoms with van der Waals surface area (Å²) in [4.78, 5) is 0. The maximum Gasteiger partial charge on any atom is 0.211 e. The van der Waals surface area contributed by atoms with Gasteiger partial charge in [0.15, 0.2) is 0 Å². The van der Waals surface area contributed by atoms with E-state index in [1.165, 1.54) is 4.31 Å². The quantitative estimate of drug-likeness (QED) is 0.593. The fraction of sp³-hybridized carbons (Fsp3) is 0.455. The van der Waals surface area contributed by atoms with E-state index in [0.717, 1.165) is 11.8 Å². The molecule has 0 unspecified atom stereocenters. The van der Waals surface area contributed by atoms with E-state index in [-0.39, 0.29) is 50.0 Å². The maximum absolute atomic E-state index is 11.5. The Kier molecular flexibility index (Phi) is 13.1. The number of nitrogen functional groups attached to an aromatic ring is 2. The third-order valence-corrected chi connectivity index (χ3v) is 3.92. The summed E-state index contributed by atoms with van der Waals surface area (Å²) >= 11 is 0. The molecule has 10 heteroatoms. The molecular weight excluding hydrogens is 341 g/mol. The third kappa shape index (κ3) is 8.30. The third-order valence-electron chi connectivity index (χ3n) is 2.62. The molecule has 0 aliphatic rings. The normalized spacial score (nSPS) is 10.2. The van der Waals surface area contributed by atoms with Crippen molar-refractivity contribution in [3.05, 3.63) is 23.8 Å². The van der Waals surface area contributed by atoms with Crippen LogP contribution in [-0.4, -0.2) is 49.3 Å². The predicted molar refractivity (Wildman–Crippen MR) is 90.6 cm³/mol. The lowest BCUT2D eigenvalue weighted by Crippen LogP contribution is -2.34. The first-order valence-corrected chi connectivity index (χ1v) is 7.39. The van der Waals surface area contributed by atoms with E-state index in [4.69, 9.17) is 16.6 Å². The van der Waals surface area contributed by atoms with Crippen LogP contribution in [-0.2, 0) is 16.4 Å². The molecule has 0 saturated heterocycles. The zero-order valence-corrected chi connectivity index (χ0v) is 14.1. The fourth-order valence-electron chi connectivity index (χ4n) is 1.64. The van der Waals surface area contributed by atoms with Crippen molar-refractivity contribution in [3.8, 4) is 0 Å². The summed E-state index contributed by atoms with van der Waals surface area (Å²) in [7, 11) is -3.32. The number of nitrogens with zero attached hydrogens (tertiary/aromatic N) is 1. The van der Waals surface area contributed by atoms with Crippen molar-refractivity contribution in [1.82, 2.24) is 4.31 Å². The molecule has 0 saturated carbocycles. The number of benzene rings is 1. The molecule has 0 heterocycles. The molecule has 0 aliphatic carbocycles. The van der Waals surface area contributed by atoms with E-state index in [1.807, 2.05) is 0 Å². The van der Waals surface area contributed by atoms with Gasteiger partial charge in [-0.3, -0.25) is 0 Å². The van der Waals surface area contributed by atoms with Crippen molar-refractivity contribution in [1.29, 1.82) is 0 Å². The van der Waals surface area contributed by atoms with E-state index in [9.17, 15) is 8.42 Å². The van der Waals surface area contributed by atoms with Gasteiger partial charge in [0.05, 0.1) is 12.9 Å². The number of halogens is 2. The molecule has 0 bridgehead atoms. The van der Waals surface area contributed by atoms with Crippen LogP contribution in [0, 0.1) is 0 Å². The van der Waals surface area contributed by atoms with Crippen LogP contribution in [0.3, 0.4) is 0 Å². The summed E-state index contributed by atoms with van der Waals surface area (Å²) in [5, 5.41) is 8.85. The number of rotatable bonds is 6. The average molecular weight is 364 g/mol. The average Bonchev–Trinajstić information content (AvgIpc) is 2.27. The van der Waals surface area contributed by atoms with E-state index in [2.05, 4.69) is 0 Å². The summed E-state index contributed by atoms with van der Waals surface area (Å²) in [5.74, 6) is 0. The Morgan fingerprint density at radius 3 is 2.24 bits per heavy atom. The minimum atomic E-state index is -3.32. The van der Waals surface area contributed by atoms with Crippen molar-refractivity contribution < 1.29 is 19.0 Å². The van der Waals surface area contributed by atoms with Crippen molar-refractivity contribution in [2.24, 2.45) is 0 Å². The number of nitrogens with two attached hydrogens (primary N) is 2. The van der Waals surface area contributed by atoms with E-state index >= 15 is 0 Å². The van der Waals surface area contributed by atoms with Gasteiger partial charge in [0.1, 0.15) is 0 Å². The van der Waals surface area contributed by atoms with Crippen LogP contribution in [0.5, 0.6) is 0 Å². The highest BCUT2D eigenvalue weighted by Gasteiger charge is 2.16. The molecule has 126 valence electrons. The number of hydrogen-bond acceptors (Lipinski definition) is 5. The van der Waals surface area contributed by atoms with Crippen LogP contribution < -0.4 is 11.5 Å². The van der Waals surface area contributed by atoms with E-state index < -0.39 is 10.0 Å². The molecule has 0 spiro atoms. The second kappa shape index (κ2) is 10.9. The Hall–Kier alpha value is -0.770. The standard InChI is InChI=1S/C11H19N3O3S.2ClH.H2O/c1-18(16,17)14(6-7-15)5-4-9-8-10(12)2-3-11(9)13;;;/h2-3,8,15H,4-7,12-13H2,1H3;2*1H;1H2. The second-order valence-corrected chi connectivity index (χ2v) is 6.08. The summed E-state index contributed by atoms with van der Waals surface area (Å²) < 4.78 is 24.1. The van der Waals surface area contributed by atoms with Gasteiger partial charge in [-0.2, -0.15) is 4.31 Å². The fourth-order valence-corrected chi connectivity index (χ4v) is 2.48. The highest BCUT2D eigenvalue weighted by molar-refractivity contribution is 7.88. The minimum absolute atomic E-state index is 0. The topological polar surface area (TPSA) is 141 Å². The van der Waals surface area contributed by atoms with Gasteiger partial charge in [0.25, 0.3) is 0 Å². The molecule has 21 heavy (non-hydrogen) atoms. The zero-order valence-electron chi connectivity index (χ0n) is 11.7. The number of hydrogen-bond donors (Lipinski definition) is 3. The van der Waals surface area contributed by atoms with E-state index in [0.29, 0.717) is 17.8 Å². The van der Waals surface area contributed by atoms with Gasteiger partial charge >= 0.3 is 0 Å². The van der Waals surface area contributed by atoms with Crippen LogP contribution in [0.4, 0.5) is 11.4 Å². The van der Waals surface area contributed by atoms with Gasteiger partial charge in [-0.15, -0.1) is 24.8 Å². The van der Waals surface area contributed by atoms with Crippen molar-refractivity contribution in [3.63, 3.8) is 0 Å². The van der Waals surface area contributed by atoms with E-state index in [1.54, 1.807) is 18.2 Å². The van der Waals surface area contributed by atoms with Crippen LogP contribution in [0.15, 0.2) is 18.2 Å². The number of aliphatic hydroxyl groups excluding tert-OH is 1. The summed E-state index contributed by atoms with van der Waals surface area (Å²) in [6.45, 7) is 0.146. The SMILES string of the molecule is CS(=O)(=O)N(CCO)CCc1cc(N)ccc1N.Cl.Cl.O. The number of anilines is 2. The molecule has 1 aromatic rings. The Balaban J connectivity index is -0.00000108. The highest BCUT2D eigenvalue weighted by Crippen LogP contribution is 2.16. The van der Waals surface area contributed by atoms with Gasteiger partial charge in [-0.25, -0.2) is 8.42 Å². The van der Waals surface area contributed by atoms with Crippen LogP contribution in [0.1, 0.15) is 5.56 Å². The molecule has 0 amide bonds. The van der Waals surface area contributed by atoms with Gasteiger partial charge in [-0.1, -0.05) is 0 Å². The largest absolute Gasteiger partial charge is 0.412 e. The Morgan fingerprint density at radius 2 is 1.76 bits per heavy atom. The zero-order chi connectivity index (χ0) is 13.8. The molecule has 0 aromatic heterocycles. The minimum Gasteiger partial charge on any atom is -0.412 e. The molecule has 0 fully saturated rings. The van der Waals surface area contributed by atoms with Crippen molar-refractivity contribution in [2.45, 2.75) is 6.42 Å². The first kappa shape index (κ1) is 25.2. The molecule has 1 aromatic carbocycles. The molecule has 0 radical (unpaired) electrons. The monoisotopic (exact) mass is 363 g/mol. The first-order valence-electron chi connectivity index (χ1n) is 5.54. The number of sulfonamides is 1. The van der Waals surface area contributed by atoms with Crippen LogP contribution in [0.25, 0.3) is 0 Å². The summed E-state index contributed by atoms with van der Waals surface area (Å²) in [6, 6.07) is 5.12. The summed E-state index contributed by atoms with van der Waals surface area (Å²) in [6.07, 6.45) is 1.58. The Bertz CT molecular complexity index is 514. The maximum atomic E-state index is 11.5. The molecule has 0 atom stereocenters. The first-order chi connectivity index (χ1) is 8.34. The molecule has 1 rings (SSSR count). The van der Waals surface area contributed by atoms with Gasteiger partial charge in [0, 0.05) is 24.5 Å². The van der Waals surface area contributed by atoms with Crippen molar-refractivity contribution >= 4 is 46.2 Å². The number of aliphatic hydroxyl groups is 1. The van der Waals surface area contributed by atoms with Crippen LogP contribution >= 0.6 is 24.8 Å². The second-order valence-electron chi connectivity index (χ2n) is 4.09. The summed E-state index contributed by atoms with van der Waals surface area (Å²) in [5.41, 5.74) is 13.4.